The van der Waals surface area contributed by atoms with Crippen molar-refractivity contribution in [2.45, 2.75) is 0 Å². The van der Waals surface area contributed by atoms with E-state index in [1.165, 1.54) is 30.3 Å². The second-order valence-corrected chi connectivity index (χ2v) is 6.45. The summed E-state index contributed by atoms with van der Waals surface area (Å²) in [7, 11) is 0. The molecule has 6 nitrogen and oxygen atoms in total. The van der Waals surface area contributed by atoms with Crippen LogP contribution >= 0.6 is 34.2 Å². The van der Waals surface area contributed by atoms with Gasteiger partial charge in [-0.3, -0.25) is 4.79 Å². The molecule has 0 fully saturated rings. The lowest BCUT2D eigenvalue weighted by Gasteiger charge is -2.10. The lowest BCUT2D eigenvalue weighted by molar-refractivity contribution is 0.0696. The minimum Gasteiger partial charge on any atom is -0.504 e. The molecule has 122 valence electrons. The average molecular weight is 458 g/mol. The van der Waals surface area contributed by atoms with E-state index in [2.05, 4.69) is 4.98 Å². The molecule has 0 aliphatic heterocycles. The average Bonchev–Trinajstić information content (AvgIpc) is 2.54. The lowest BCUT2D eigenvalue weighted by Crippen LogP contribution is -2.09. The monoisotopic (exact) mass is 457 g/mol. The number of halogens is 2. The van der Waals surface area contributed by atoms with Gasteiger partial charge in [0.15, 0.2) is 5.75 Å². The molecule has 1 aromatic heterocycles. The van der Waals surface area contributed by atoms with E-state index < -0.39 is 11.5 Å². The summed E-state index contributed by atoms with van der Waals surface area (Å²) in [5.74, 6) is -1.66. The number of aromatic amines is 1. The van der Waals surface area contributed by atoms with Gasteiger partial charge in [0.25, 0.3) is 5.56 Å². The van der Waals surface area contributed by atoms with Crippen LogP contribution in [0.3, 0.4) is 0 Å². The van der Waals surface area contributed by atoms with Crippen LogP contribution in [-0.4, -0.2) is 21.2 Å². The van der Waals surface area contributed by atoms with E-state index >= 15 is 0 Å². The van der Waals surface area contributed by atoms with Crippen LogP contribution < -0.4 is 10.3 Å². The molecule has 0 saturated carbocycles. The molecule has 0 bridgehead atoms. The number of nitrogens with one attached hydrogen (secondary N) is 1. The highest BCUT2D eigenvalue weighted by Crippen LogP contribution is 2.35. The molecule has 0 radical (unpaired) electrons. The molecule has 24 heavy (non-hydrogen) atoms. The third kappa shape index (κ3) is 3.04. The van der Waals surface area contributed by atoms with Gasteiger partial charge < -0.3 is 19.9 Å². The lowest BCUT2D eigenvalue weighted by atomic mass is 10.2. The maximum absolute atomic E-state index is 12.2. The maximum Gasteiger partial charge on any atom is 0.335 e. The molecule has 0 spiro atoms. The molecule has 3 rings (SSSR count). The van der Waals surface area contributed by atoms with E-state index in [9.17, 15) is 14.7 Å². The number of rotatable bonds is 3. The molecule has 0 atom stereocenters. The van der Waals surface area contributed by atoms with Crippen LogP contribution in [0.2, 0.25) is 5.02 Å². The van der Waals surface area contributed by atoms with Crippen molar-refractivity contribution in [3.63, 3.8) is 0 Å². The molecular weight excluding hydrogens is 449 g/mol. The summed E-state index contributed by atoms with van der Waals surface area (Å²) in [6.07, 6.45) is 0. The quantitative estimate of drug-likeness (QED) is 0.517. The predicted molar refractivity (Wildman–Crippen MR) is 97.4 cm³/mol. The largest absolute Gasteiger partial charge is 0.504 e. The molecule has 3 N–H and O–H groups in total. The zero-order chi connectivity index (χ0) is 17.4. The van der Waals surface area contributed by atoms with Crippen LogP contribution in [0.25, 0.3) is 10.9 Å². The number of benzene rings is 2. The second-order valence-electron chi connectivity index (χ2n) is 4.88. The first-order valence-electron chi connectivity index (χ1n) is 6.62. The topological polar surface area (TPSA) is 99.6 Å². The predicted octanol–water partition coefficient (Wildman–Crippen LogP) is 3.98. The third-order valence-electron chi connectivity index (χ3n) is 3.29. The van der Waals surface area contributed by atoms with Crippen molar-refractivity contribution < 1.29 is 19.7 Å². The van der Waals surface area contributed by atoms with Crippen molar-refractivity contribution in [3.05, 3.63) is 60.9 Å². The summed E-state index contributed by atoms with van der Waals surface area (Å²) in [4.78, 5) is 25.7. The smallest absolute Gasteiger partial charge is 0.335 e. The molecule has 0 unspecified atom stereocenters. The molecule has 3 aromatic rings. The summed E-state index contributed by atoms with van der Waals surface area (Å²) in [5.41, 5.74) is -0.280. The van der Waals surface area contributed by atoms with Gasteiger partial charge in [0.05, 0.1) is 16.1 Å². The minimum atomic E-state index is -1.12. The van der Waals surface area contributed by atoms with Crippen LogP contribution in [0.15, 0.2) is 41.2 Å². The normalized spacial score (nSPS) is 10.8. The van der Waals surface area contributed by atoms with E-state index in [1.807, 2.05) is 22.6 Å². The van der Waals surface area contributed by atoms with Crippen molar-refractivity contribution in [2.75, 3.05) is 0 Å². The van der Waals surface area contributed by atoms with Gasteiger partial charge in [-0.1, -0.05) is 17.7 Å². The van der Waals surface area contributed by atoms with Crippen molar-refractivity contribution in [2.24, 2.45) is 0 Å². The molecule has 8 heteroatoms. The van der Waals surface area contributed by atoms with Crippen molar-refractivity contribution in [1.29, 1.82) is 0 Å². The first-order chi connectivity index (χ1) is 11.4. The Morgan fingerprint density at radius 1 is 1.25 bits per heavy atom. The second kappa shape index (κ2) is 6.33. The number of aromatic hydroxyl groups is 1. The van der Waals surface area contributed by atoms with Crippen LogP contribution in [0.4, 0.5) is 0 Å². The zero-order valence-electron chi connectivity index (χ0n) is 11.8. The Bertz CT molecular complexity index is 1030. The van der Waals surface area contributed by atoms with Gasteiger partial charge in [0.2, 0.25) is 5.75 Å². The Morgan fingerprint density at radius 2 is 2.00 bits per heavy atom. The van der Waals surface area contributed by atoms with Gasteiger partial charge in [0, 0.05) is 8.96 Å². The molecule has 0 aliphatic rings. The van der Waals surface area contributed by atoms with Crippen LogP contribution in [0.5, 0.6) is 17.2 Å². The number of hydrogen-bond acceptors (Lipinski definition) is 4. The van der Waals surface area contributed by atoms with Gasteiger partial charge in [-0.05, 0) is 52.9 Å². The Kier molecular flexibility index (Phi) is 4.37. The highest BCUT2D eigenvalue weighted by Gasteiger charge is 2.16. The Labute approximate surface area is 153 Å². The number of H-pyrrole nitrogens is 1. The summed E-state index contributed by atoms with van der Waals surface area (Å²) < 4.78 is 6.11. The maximum atomic E-state index is 12.2. The molecule has 1 heterocycles. The van der Waals surface area contributed by atoms with Crippen LogP contribution in [0, 0.1) is 3.57 Å². The van der Waals surface area contributed by atoms with Gasteiger partial charge in [-0.15, -0.1) is 0 Å². The van der Waals surface area contributed by atoms with Crippen LogP contribution in [0.1, 0.15) is 10.4 Å². The molecule has 0 amide bonds. The zero-order valence-corrected chi connectivity index (χ0v) is 14.8. The number of hydrogen-bond donors (Lipinski definition) is 3. The van der Waals surface area contributed by atoms with Crippen molar-refractivity contribution >= 4 is 51.1 Å². The number of carbonyl (C=O) groups is 1. The summed E-state index contributed by atoms with van der Waals surface area (Å²) in [6.45, 7) is 0. The number of carboxylic acids is 1. The van der Waals surface area contributed by atoms with Gasteiger partial charge in [-0.2, -0.15) is 0 Å². The number of ether oxygens (including phenoxy) is 1. The molecule has 0 saturated heterocycles. The highest BCUT2D eigenvalue weighted by molar-refractivity contribution is 14.1. The van der Waals surface area contributed by atoms with E-state index in [0.717, 1.165) is 0 Å². The van der Waals surface area contributed by atoms with E-state index in [4.69, 9.17) is 21.4 Å². The number of aromatic carboxylic acids is 1. The fourth-order valence-corrected chi connectivity index (χ4v) is 2.79. The summed E-state index contributed by atoms with van der Waals surface area (Å²) in [5, 5.41) is 20.2. The minimum absolute atomic E-state index is 0.00513. The molecular formula is C16H9ClINO5. The SMILES string of the molecule is O=C(O)c1cccc(Oc2c(O)c3cc(I)c(Cl)cc3[nH]c2=O)c1. The Hall–Kier alpha value is -2.26. The molecule has 0 aliphatic carbocycles. The number of pyridine rings is 1. The first-order valence-corrected chi connectivity index (χ1v) is 8.07. The Morgan fingerprint density at radius 3 is 2.71 bits per heavy atom. The van der Waals surface area contributed by atoms with E-state index in [-0.39, 0.29) is 22.8 Å². The van der Waals surface area contributed by atoms with Gasteiger partial charge >= 0.3 is 5.97 Å². The molecule has 2 aromatic carbocycles. The van der Waals surface area contributed by atoms with E-state index in [1.54, 1.807) is 6.07 Å². The van der Waals surface area contributed by atoms with Crippen molar-refractivity contribution in [1.82, 2.24) is 4.98 Å². The highest BCUT2D eigenvalue weighted by atomic mass is 127. The fraction of sp³-hybridized carbons (Fsp3) is 0. The van der Waals surface area contributed by atoms with Crippen LogP contribution in [-0.2, 0) is 0 Å². The standard InChI is InChI=1S/C16H9ClINO5/c17-10-6-12-9(5-11(10)18)13(20)14(15(21)19-12)24-8-3-1-2-7(4-8)16(22)23/h1-6H,(H,22,23)(H2,19,20,21). The summed E-state index contributed by atoms with van der Waals surface area (Å²) in [6, 6.07) is 8.77. The fourth-order valence-electron chi connectivity index (χ4n) is 2.16. The number of carboxylic acid groups (broad SMARTS) is 1. The number of aromatic nitrogens is 1. The van der Waals surface area contributed by atoms with Crippen molar-refractivity contribution in [3.8, 4) is 17.2 Å². The first kappa shape index (κ1) is 16.6. The third-order valence-corrected chi connectivity index (χ3v) is 4.81. The van der Waals surface area contributed by atoms with Gasteiger partial charge in [0.1, 0.15) is 5.75 Å². The summed E-state index contributed by atoms with van der Waals surface area (Å²) >= 11 is 8.01. The van der Waals surface area contributed by atoms with E-state index in [0.29, 0.717) is 19.5 Å². The van der Waals surface area contributed by atoms with Gasteiger partial charge in [-0.25, -0.2) is 4.79 Å². The number of fused-ring (bicyclic) bond motifs is 1. The Balaban J connectivity index is 2.13.